The standard InChI is InChI=1S/C93H118N16O19S/c1-10-12-33-75-92(127)106(6)53-80(114)98-71(49-82(116)117)87(122)100-67(24-11-2)90(125)108(8)76(46-58-27-18-14-19-28-58)88(123)103-72(45-61-36-40-64(111)41-37-61)89(124)105(5)52-79(113)97-70(48-62-50-95-66-32-23-22-31-65(62)66)86(121)102-69(43-60-34-38-63(110)39-35-60)85(120)101-68(42-56(3)4)84(119)104-74(83(118)96-51-78(94)112)54-129-55-81(115)99-73(44-57-25-16-13-17-26-57)91(126)109(9)77(93(128)107(75)7)47-59-29-20-15-21-30-59/h13-23,25-32,34-41,50,56,67-77,95,110-111H,10-12,24,33,42-49,51-55H2,1-9H3,(H2,94,112)(H,96,118)(H,97,113)(H,98,114)(H,99,115)(H,100,122)(H,101,120)(H,102,121)(H,103,123)(H,104,119)(H,116,117)/t67-,68-,69-,70-,71-,72-,73-,74-,75-,76-,77-/m0/s1. The molecule has 11 atom stereocenters. The molecule has 0 bridgehead atoms. The quantitative estimate of drug-likeness (QED) is 0.0413. The molecule has 36 heteroatoms. The number of nitrogens with one attached hydrogen (secondary N) is 10. The van der Waals surface area contributed by atoms with Crippen molar-refractivity contribution in [2.24, 2.45) is 11.7 Å². The highest BCUT2D eigenvalue weighted by molar-refractivity contribution is 8.00. The molecule has 1 fully saturated rings. The van der Waals surface area contributed by atoms with Crippen molar-refractivity contribution in [1.82, 2.24) is 77.3 Å². The predicted molar refractivity (Wildman–Crippen MR) is 482 cm³/mol. The molecule has 35 nitrogen and oxygen atoms in total. The predicted octanol–water partition coefficient (Wildman–Crippen LogP) is 2.47. The number of phenolic OH excluding ortho intramolecular Hbond substituents is 2. The van der Waals surface area contributed by atoms with Gasteiger partial charge in [-0.05, 0) is 88.9 Å². The van der Waals surface area contributed by atoms with Gasteiger partial charge in [0, 0.05) is 96.6 Å². The Labute approximate surface area is 753 Å². The Bertz CT molecular complexity index is 5050. The van der Waals surface area contributed by atoms with Crippen LogP contribution in [0.2, 0.25) is 0 Å². The lowest BCUT2D eigenvalue weighted by atomic mass is 9.99. The minimum atomic E-state index is -1.89. The van der Waals surface area contributed by atoms with Crippen LogP contribution in [0.25, 0.3) is 10.9 Å². The highest BCUT2D eigenvalue weighted by Gasteiger charge is 2.42. The number of hydrogen-bond acceptors (Lipinski definition) is 19. The van der Waals surface area contributed by atoms with Crippen LogP contribution in [0, 0.1) is 5.92 Å². The van der Waals surface area contributed by atoms with Crippen LogP contribution in [-0.2, 0) is 115 Å². The van der Waals surface area contributed by atoms with Crippen LogP contribution in [0.5, 0.6) is 11.5 Å². The van der Waals surface area contributed by atoms with Gasteiger partial charge in [0.1, 0.15) is 78.0 Å². The summed E-state index contributed by atoms with van der Waals surface area (Å²) >= 11 is 0.830. The number of nitrogens with zero attached hydrogens (tertiary/aromatic N) is 5. The maximum Gasteiger partial charge on any atom is 0.305 e. The Morgan fingerprint density at radius 3 is 1.42 bits per heavy atom. The lowest BCUT2D eigenvalue weighted by Crippen LogP contribution is -2.60. The number of hydrogen-bond donors (Lipinski definition) is 14. The van der Waals surface area contributed by atoms with Crippen molar-refractivity contribution in [2.45, 2.75) is 178 Å². The van der Waals surface area contributed by atoms with Crippen LogP contribution in [0.1, 0.15) is 106 Å². The zero-order valence-corrected chi connectivity index (χ0v) is 74.7. The highest BCUT2D eigenvalue weighted by atomic mass is 32.2. The van der Waals surface area contributed by atoms with Gasteiger partial charge in [0.2, 0.25) is 88.6 Å². The summed E-state index contributed by atoms with van der Waals surface area (Å²) in [6.07, 6.45) is 0.238. The van der Waals surface area contributed by atoms with E-state index in [1.807, 2.05) is 6.92 Å². The third kappa shape index (κ3) is 30.8. The fourth-order valence-electron chi connectivity index (χ4n) is 15.0. The summed E-state index contributed by atoms with van der Waals surface area (Å²) in [5.41, 5.74) is 9.13. The van der Waals surface area contributed by atoms with Crippen LogP contribution in [0.4, 0.5) is 0 Å². The molecule has 1 aliphatic heterocycles. The summed E-state index contributed by atoms with van der Waals surface area (Å²) in [5.74, 6) is -16.6. The Hall–Kier alpha value is -13.7. The lowest BCUT2D eigenvalue weighted by molar-refractivity contribution is -0.151. The zero-order valence-electron chi connectivity index (χ0n) is 73.9. The van der Waals surface area contributed by atoms with Crippen LogP contribution in [-0.4, -0.2) is 272 Å². The smallest absolute Gasteiger partial charge is 0.305 e. The fourth-order valence-corrected chi connectivity index (χ4v) is 15.9. The summed E-state index contributed by atoms with van der Waals surface area (Å²) in [4.78, 5) is 243. The van der Waals surface area contributed by atoms with Crippen molar-refractivity contribution in [2.75, 3.05) is 66.4 Å². The van der Waals surface area contributed by atoms with E-state index in [2.05, 4.69) is 52.8 Å². The molecule has 15 amide bonds. The second-order valence-electron chi connectivity index (χ2n) is 32.7. The number of thioether (sulfide) groups is 1. The summed E-state index contributed by atoms with van der Waals surface area (Å²) in [6, 6.07) is 27.4. The van der Waals surface area contributed by atoms with Crippen molar-refractivity contribution in [1.29, 1.82) is 0 Å². The molecule has 690 valence electrons. The Kier molecular flexibility index (Phi) is 38.6. The number of likely N-dealkylation sites (N-methyl/N-ethyl adjacent to an activating group) is 5. The van der Waals surface area contributed by atoms with E-state index in [0.29, 0.717) is 57.1 Å². The first-order valence-corrected chi connectivity index (χ1v) is 43.9. The number of nitrogens with two attached hydrogens (primary N) is 1. The molecule has 0 spiro atoms. The Balaban J connectivity index is 1.21. The maximum absolute atomic E-state index is 15.5. The van der Waals surface area contributed by atoms with Crippen molar-refractivity contribution < 1.29 is 92.0 Å². The molecule has 1 saturated heterocycles. The van der Waals surface area contributed by atoms with Gasteiger partial charge < -0.3 is 98.4 Å². The van der Waals surface area contributed by atoms with Crippen molar-refractivity contribution >= 4 is 117 Å². The van der Waals surface area contributed by atoms with E-state index in [1.54, 1.807) is 142 Å². The van der Waals surface area contributed by atoms with E-state index in [4.69, 9.17) is 5.73 Å². The van der Waals surface area contributed by atoms with Crippen LogP contribution < -0.4 is 53.6 Å². The number of aromatic hydroxyl groups is 2. The summed E-state index contributed by atoms with van der Waals surface area (Å²) in [7, 11) is 6.55. The first-order chi connectivity index (χ1) is 61.5. The number of carboxylic acids is 1. The van der Waals surface area contributed by atoms with Gasteiger partial charge >= 0.3 is 5.97 Å². The van der Waals surface area contributed by atoms with E-state index < -0.39 is 193 Å². The number of fused-ring (bicyclic) bond motifs is 1. The number of aliphatic carboxylic acids is 1. The monoisotopic (exact) mass is 1790 g/mol. The number of H-pyrrole nitrogens is 1. The number of primary amides is 1. The molecule has 0 radical (unpaired) electrons. The third-order valence-corrected chi connectivity index (χ3v) is 23.1. The second kappa shape index (κ2) is 49.4. The number of carbonyl (C=O) groups is 16. The minimum absolute atomic E-state index is 0.0321. The van der Waals surface area contributed by atoms with Crippen LogP contribution in [0.3, 0.4) is 0 Å². The molecule has 15 N–H and O–H groups in total. The molecular weight excluding hydrogens is 1680 g/mol. The van der Waals surface area contributed by atoms with Gasteiger partial charge in [-0.25, -0.2) is 0 Å². The number of benzene rings is 6. The van der Waals surface area contributed by atoms with Gasteiger partial charge in [-0.1, -0.05) is 180 Å². The molecule has 8 rings (SSSR count). The average molecular weight is 1800 g/mol. The molecule has 0 saturated carbocycles. The average Bonchev–Trinajstić information content (AvgIpc) is 1.73. The molecule has 0 aliphatic carbocycles. The number of phenols is 2. The lowest BCUT2D eigenvalue weighted by Gasteiger charge is -2.37. The number of amides is 15. The number of para-hydroxylation sites is 1. The topological polar surface area (TPSA) is 500 Å². The fraction of sp³-hybridized carbons (Fsp3) is 0.419. The molecule has 7 aromatic rings. The molecule has 1 aliphatic rings. The first kappa shape index (κ1) is 101. The zero-order chi connectivity index (χ0) is 94.1. The second-order valence-corrected chi connectivity index (χ2v) is 33.7. The molecule has 6 aromatic carbocycles. The van der Waals surface area contributed by atoms with E-state index in [0.717, 1.165) is 26.5 Å². The number of aromatic amines is 1. The number of aromatic nitrogens is 1. The van der Waals surface area contributed by atoms with Gasteiger partial charge in [-0.3, -0.25) is 76.7 Å². The van der Waals surface area contributed by atoms with Gasteiger partial charge in [-0.15, -0.1) is 11.8 Å². The van der Waals surface area contributed by atoms with E-state index in [-0.39, 0.29) is 87.4 Å². The Morgan fingerprint density at radius 2 is 0.876 bits per heavy atom. The number of carbonyl (C=O) groups excluding carboxylic acids is 15. The molecule has 129 heavy (non-hydrogen) atoms. The number of unbranched alkanes of at least 4 members (excludes halogenated alkanes) is 1. The van der Waals surface area contributed by atoms with E-state index >= 15 is 33.6 Å². The third-order valence-electron chi connectivity index (χ3n) is 22.0. The van der Waals surface area contributed by atoms with Gasteiger partial charge in [0.05, 0.1) is 31.8 Å². The number of carboxylic acid groups (broad SMARTS) is 1. The van der Waals surface area contributed by atoms with Gasteiger partial charge in [0.25, 0.3) is 0 Å². The summed E-state index contributed by atoms with van der Waals surface area (Å²) in [6.45, 7) is 4.75. The largest absolute Gasteiger partial charge is 0.508 e. The highest BCUT2D eigenvalue weighted by Crippen LogP contribution is 2.24. The molecule has 1 aromatic heterocycles. The first-order valence-electron chi connectivity index (χ1n) is 42.8. The van der Waals surface area contributed by atoms with Crippen LogP contribution >= 0.6 is 11.8 Å². The summed E-state index contributed by atoms with van der Waals surface area (Å²) < 4.78 is 0. The minimum Gasteiger partial charge on any atom is -0.508 e. The maximum atomic E-state index is 15.5. The van der Waals surface area contributed by atoms with Crippen molar-refractivity contribution in [3.05, 3.63) is 203 Å². The SMILES string of the molecule is CCCC[C@H]1C(=O)N(C)CC(=O)N[C@@H](CC(=O)O)C(=O)N[C@@H](CCC)C(=O)N(C)[C@@H](Cc2ccccc2)C(=O)N[C@@H](Cc2ccc(O)cc2)C(=O)N(C)CC(=O)N[C@@H](Cc2c[nH]c3ccccc23)C(=O)N[C@@H](Cc2ccc(O)cc2)C(=O)N[C@@H](CC(C)C)C(=O)N[C@H](C(=O)NCC(N)=O)CSCC(=O)N[C@@H](Cc2ccccc2)C(=O)N(C)[C@@H](Cc2ccccc2)C(=O)N1C. The Morgan fingerprint density at radius 1 is 0.442 bits per heavy atom. The summed E-state index contributed by atoms with van der Waals surface area (Å²) in [5, 5.41) is 55.6. The van der Waals surface area contributed by atoms with Gasteiger partial charge in [-0.2, -0.15) is 0 Å². The van der Waals surface area contributed by atoms with Crippen LogP contribution in [0.15, 0.2) is 170 Å². The van der Waals surface area contributed by atoms with E-state index in [1.165, 1.54) is 93.6 Å². The molecular formula is C93H118N16O19S. The van der Waals surface area contributed by atoms with Crippen molar-refractivity contribution in [3.63, 3.8) is 0 Å². The normalized spacial score (nSPS) is 21.9. The van der Waals surface area contributed by atoms with Crippen molar-refractivity contribution in [3.8, 4) is 11.5 Å². The van der Waals surface area contributed by atoms with Gasteiger partial charge in [0.15, 0.2) is 0 Å². The number of rotatable bonds is 24. The molecule has 0 unspecified atom stereocenters. The van der Waals surface area contributed by atoms with E-state index in [9.17, 15) is 58.5 Å². The molecule has 2 heterocycles.